The number of nitrogens with one attached hydrogen (secondary N) is 1. The Kier molecular flexibility index (Phi) is 5.59. The fourth-order valence-corrected chi connectivity index (χ4v) is 5.46. The van der Waals surface area contributed by atoms with E-state index in [1.807, 2.05) is 23.9 Å². The van der Waals surface area contributed by atoms with Crippen molar-refractivity contribution in [2.45, 2.75) is 64.1 Å². The molecular weight excluding hydrogens is 428 g/mol. The molecule has 2 N–H and O–H groups in total. The summed E-state index contributed by atoms with van der Waals surface area (Å²) in [4.78, 5) is 18.6. The van der Waals surface area contributed by atoms with E-state index in [0.29, 0.717) is 17.6 Å². The molecule has 170 valence electrons. The lowest BCUT2D eigenvalue weighted by Crippen LogP contribution is -2.41. The van der Waals surface area contributed by atoms with Gasteiger partial charge in [0, 0.05) is 29.8 Å². The normalized spacial score (nSPS) is 20.5. The van der Waals surface area contributed by atoms with Gasteiger partial charge in [-0.3, -0.25) is 9.58 Å². The molecule has 0 radical (unpaired) electrons. The summed E-state index contributed by atoms with van der Waals surface area (Å²) >= 11 is 6.07. The molecule has 1 fully saturated rings. The minimum Gasteiger partial charge on any atom is -0.465 e. The summed E-state index contributed by atoms with van der Waals surface area (Å²) in [7, 11) is 0. The second kappa shape index (κ2) is 8.41. The smallest absolute Gasteiger partial charge is 0.412 e. The second-order valence-electron chi connectivity index (χ2n) is 9.07. The van der Waals surface area contributed by atoms with Gasteiger partial charge in [-0.25, -0.2) is 9.78 Å². The van der Waals surface area contributed by atoms with Gasteiger partial charge in [-0.05, 0) is 57.8 Å². The third kappa shape index (κ3) is 3.65. The van der Waals surface area contributed by atoms with Gasteiger partial charge in [-0.2, -0.15) is 5.10 Å². The molecule has 2 aliphatic heterocycles. The number of imidazole rings is 1. The van der Waals surface area contributed by atoms with E-state index in [2.05, 4.69) is 28.0 Å². The van der Waals surface area contributed by atoms with Gasteiger partial charge < -0.3 is 15.0 Å². The van der Waals surface area contributed by atoms with Crippen LogP contribution in [0.25, 0.3) is 11.0 Å². The van der Waals surface area contributed by atoms with Gasteiger partial charge in [0.25, 0.3) is 0 Å². The number of carbonyl (C=O) groups is 1. The number of carboxylic acid groups (broad SMARTS) is 1. The predicted octanol–water partition coefficient (Wildman–Crippen LogP) is 4.43. The zero-order valence-electron chi connectivity index (χ0n) is 18.5. The number of amides is 1. The number of piperidine rings is 1. The topological polar surface area (TPSA) is 88.2 Å². The molecule has 0 spiro atoms. The van der Waals surface area contributed by atoms with Crippen molar-refractivity contribution in [3.8, 4) is 0 Å². The Morgan fingerprint density at radius 3 is 2.78 bits per heavy atom. The van der Waals surface area contributed by atoms with E-state index in [-0.39, 0.29) is 12.0 Å². The summed E-state index contributed by atoms with van der Waals surface area (Å²) < 4.78 is 4.28. The van der Waals surface area contributed by atoms with Crippen molar-refractivity contribution in [3.63, 3.8) is 0 Å². The maximum atomic E-state index is 12.0. The van der Waals surface area contributed by atoms with Crippen LogP contribution in [0.2, 0.25) is 5.02 Å². The monoisotopic (exact) mass is 456 g/mol. The maximum absolute atomic E-state index is 12.0. The minimum atomic E-state index is -0.903. The van der Waals surface area contributed by atoms with Gasteiger partial charge in [0.1, 0.15) is 5.82 Å². The molecule has 9 heteroatoms. The minimum absolute atomic E-state index is 0.0353. The Labute approximate surface area is 192 Å². The van der Waals surface area contributed by atoms with Gasteiger partial charge in [-0.15, -0.1) is 0 Å². The first kappa shape index (κ1) is 21.3. The molecule has 8 nitrogen and oxygen atoms in total. The van der Waals surface area contributed by atoms with Crippen molar-refractivity contribution in [2.75, 3.05) is 18.0 Å². The van der Waals surface area contributed by atoms with E-state index in [4.69, 9.17) is 16.6 Å². The zero-order valence-corrected chi connectivity index (χ0v) is 19.2. The van der Waals surface area contributed by atoms with Crippen LogP contribution < -0.4 is 10.2 Å². The molecule has 1 amide bonds. The number of aryl methyl sites for hydroxylation is 1. The lowest BCUT2D eigenvalue weighted by Gasteiger charge is -2.33. The molecule has 0 aliphatic carbocycles. The van der Waals surface area contributed by atoms with E-state index in [0.717, 1.165) is 66.9 Å². The van der Waals surface area contributed by atoms with Crippen LogP contribution >= 0.6 is 11.6 Å². The Balaban J connectivity index is 1.64. The summed E-state index contributed by atoms with van der Waals surface area (Å²) in [5.41, 5.74) is 3.87. The standard InChI is InChI=1S/C23H29ClN6O2/c1-14(12-28-13-16(24)11-26-28)22-27-21-18-4-3-15(2)29(23(31)32)19(18)5-6-20(21)30(22)17-7-9-25-10-8-17/h5-6,11,13-15,17,25H,3-4,7-10,12H2,1-2H3,(H,31,32). The molecule has 2 unspecified atom stereocenters. The van der Waals surface area contributed by atoms with E-state index >= 15 is 0 Å². The highest BCUT2D eigenvalue weighted by atomic mass is 35.5. The molecule has 5 rings (SSSR count). The largest absolute Gasteiger partial charge is 0.465 e. The van der Waals surface area contributed by atoms with Crippen LogP contribution in [0.3, 0.4) is 0 Å². The van der Waals surface area contributed by atoms with Crippen LogP contribution in [-0.2, 0) is 13.0 Å². The van der Waals surface area contributed by atoms with Crippen molar-refractivity contribution in [1.29, 1.82) is 0 Å². The summed E-state index contributed by atoms with van der Waals surface area (Å²) in [6.45, 7) is 6.80. The number of benzene rings is 1. The first-order chi connectivity index (χ1) is 15.4. The van der Waals surface area contributed by atoms with Crippen molar-refractivity contribution < 1.29 is 9.90 Å². The summed E-state index contributed by atoms with van der Waals surface area (Å²) in [6, 6.07) is 4.38. The molecule has 2 atom stereocenters. The highest BCUT2D eigenvalue weighted by molar-refractivity contribution is 6.30. The van der Waals surface area contributed by atoms with Crippen LogP contribution in [0.5, 0.6) is 0 Å². The second-order valence-corrected chi connectivity index (χ2v) is 9.51. The fourth-order valence-electron chi connectivity index (χ4n) is 5.30. The van der Waals surface area contributed by atoms with Crippen LogP contribution in [0, 0.1) is 0 Å². The number of hydrogen-bond donors (Lipinski definition) is 2. The molecule has 32 heavy (non-hydrogen) atoms. The van der Waals surface area contributed by atoms with Crippen LogP contribution in [0.15, 0.2) is 24.5 Å². The molecule has 1 aromatic carbocycles. The fraction of sp³-hybridized carbons (Fsp3) is 0.522. The van der Waals surface area contributed by atoms with Crippen LogP contribution in [0.4, 0.5) is 10.5 Å². The van der Waals surface area contributed by atoms with Crippen molar-refractivity contribution in [2.24, 2.45) is 0 Å². The SMILES string of the molecule is CC(Cn1cc(Cl)cn1)c1nc2c3c(ccc2n1C1CCNCC1)N(C(=O)O)C(C)CC3. The predicted molar refractivity (Wildman–Crippen MR) is 125 cm³/mol. The van der Waals surface area contributed by atoms with E-state index in [1.165, 1.54) is 4.90 Å². The first-order valence-corrected chi connectivity index (χ1v) is 11.8. The lowest BCUT2D eigenvalue weighted by atomic mass is 9.95. The zero-order chi connectivity index (χ0) is 22.4. The molecule has 4 heterocycles. The Morgan fingerprint density at radius 2 is 2.09 bits per heavy atom. The molecule has 2 aliphatic rings. The third-order valence-electron chi connectivity index (χ3n) is 6.87. The summed E-state index contributed by atoms with van der Waals surface area (Å²) in [5, 5.41) is 18.2. The summed E-state index contributed by atoms with van der Waals surface area (Å²) in [5.74, 6) is 1.16. The van der Waals surface area contributed by atoms with Crippen molar-refractivity contribution in [1.82, 2.24) is 24.6 Å². The highest BCUT2D eigenvalue weighted by Gasteiger charge is 2.32. The number of fused-ring (bicyclic) bond motifs is 3. The van der Waals surface area contributed by atoms with Crippen molar-refractivity contribution in [3.05, 3.63) is 40.9 Å². The highest BCUT2D eigenvalue weighted by Crippen LogP contribution is 2.39. The lowest BCUT2D eigenvalue weighted by molar-refractivity contribution is 0.198. The molecule has 3 aromatic rings. The van der Waals surface area contributed by atoms with E-state index in [1.54, 1.807) is 6.20 Å². The van der Waals surface area contributed by atoms with Crippen LogP contribution in [-0.4, -0.2) is 49.7 Å². The first-order valence-electron chi connectivity index (χ1n) is 11.4. The average Bonchev–Trinajstić information content (AvgIpc) is 3.37. The Morgan fingerprint density at radius 1 is 1.31 bits per heavy atom. The number of halogens is 1. The van der Waals surface area contributed by atoms with Crippen molar-refractivity contribution >= 4 is 34.4 Å². The molecular formula is C23H29ClN6O2. The number of aromatic nitrogens is 4. The quantitative estimate of drug-likeness (QED) is 0.606. The summed E-state index contributed by atoms with van der Waals surface area (Å²) in [6.07, 6.45) is 6.33. The Hall–Kier alpha value is -2.58. The maximum Gasteiger partial charge on any atom is 0.412 e. The molecule has 2 aromatic heterocycles. The number of hydrogen-bond acceptors (Lipinski definition) is 4. The van der Waals surface area contributed by atoms with Gasteiger partial charge in [-0.1, -0.05) is 18.5 Å². The van der Waals surface area contributed by atoms with Gasteiger partial charge in [0.2, 0.25) is 0 Å². The van der Waals surface area contributed by atoms with Gasteiger partial charge >= 0.3 is 6.09 Å². The number of anilines is 1. The Bertz CT molecular complexity index is 1150. The van der Waals surface area contributed by atoms with Gasteiger partial charge in [0.05, 0.1) is 34.5 Å². The van der Waals surface area contributed by atoms with E-state index in [9.17, 15) is 9.90 Å². The van der Waals surface area contributed by atoms with Crippen LogP contribution in [0.1, 0.15) is 56.5 Å². The molecule has 1 saturated heterocycles. The number of nitrogens with zero attached hydrogens (tertiary/aromatic N) is 5. The average molecular weight is 457 g/mol. The van der Waals surface area contributed by atoms with Gasteiger partial charge in [0.15, 0.2) is 0 Å². The number of rotatable bonds is 4. The molecule has 0 bridgehead atoms. The third-order valence-corrected chi connectivity index (χ3v) is 7.06. The molecule has 0 saturated carbocycles. The van der Waals surface area contributed by atoms with E-state index < -0.39 is 6.09 Å².